The minimum absolute atomic E-state index is 0. The highest BCUT2D eigenvalue weighted by atomic mass is 79.9. The first kappa shape index (κ1) is 22.9. The van der Waals surface area contributed by atoms with Crippen LogP contribution in [0.4, 0.5) is 0 Å². The summed E-state index contributed by atoms with van der Waals surface area (Å²) in [5, 5.41) is 0. The third kappa shape index (κ3) is 4.79. The van der Waals surface area contributed by atoms with Gasteiger partial charge in [0.05, 0.1) is 0 Å². The summed E-state index contributed by atoms with van der Waals surface area (Å²) in [6.45, 7) is 7.19. The smallest absolute Gasteiger partial charge is 0.216 e. The maximum Gasteiger partial charge on any atom is 0.216 e. The van der Waals surface area contributed by atoms with Gasteiger partial charge in [0, 0.05) is 11.1 Å². The molecule has 2 bridgehead atoms. The number of carbonyl (C=O) groups is 2. The number of rotatable bonds is 6. The number of quaternary nitrogens is 2. The van der Waals surface area contributed by atoms with Crippen LogP contribution in [0.3, 0.4) is 0 Å². The van der Waals surface area contributed by atoms with Gasteiger partial charge in [-0.3, -0.25) is 9.59 Å². The fraction of sp³-hybridized carbons (Fsp3) is 0.364. The first-order valence-corrected chi connectivity index (χ1v) is 9.47. The number of halogens is 2. The molecule has 0 spiro atoms. The largest absolute Gasteiger partial charge is 1.00 e. The molecule has 0 aliphatic carbocycles. The lowest BCUT2D eigenvalue weighted by Gasteiger charge is -2.55. The third-order valence-corrected chi connectivity index (χ3v) is 6.30. The fourth-order valence-corrected chi connectivity index (χ4v) is 4.46. The van der Waals surface area contributed by atoms with E-state index in [4.69, 9.17) is 0 Å². The van der Waals surface area contributed by atoms with E-state index in [9.17, 15) is 9.59 Å². The molecule has 0 aromatic heterocycles. The van der Waals surface area contributed by atoms with Crippen molar-refractivity contribution >= 4 is 11.6 Å². The molecular formula is C22H26Br2N2O2. The average Bonchev–Trinajstić information content (AvgIpc) is 2.70. The van der Waals surface area contributed by atoms with Gasteiger partial charge in [0.15, 0.2) is 0 Å². The summed E-state index contributed by atoms with van der Waals surface area (Å²) in [6.07, 6.45) is 0. The van der Waals surface area contributed by atoms with Gasteiger partial charge in [0.1, 0.15) is 52.4 Å². The summed E-state index contributed by atoms with van der Waals surface area (Å²) in [4.78, 5) is 25.3. The Bertz CT molecular complexity index is 718. The molecule has 5 rings (SSSR count). The molecule has 3 fully saturated rings. The van der Waals surface area contributed by atoms with Crippen LogP contribution < -0.4 is 34.0 Å². The van der Waals surface area contributed by atoms with Crippen LogP contribution in [0.1, 0.15) is 20.7 Å². The molecule has 4 nitrogen and oxygen atoms in total. The SMILES string of the molecule is O=C(C[N+]12CC[N+](CC(=O)c3ccccc3)(CC1)CC2)c1ccccc1.[Br-].[Br-]. The van der Waals surface area contributed by atoms with E-state index in [2.05, 4.69) is 0 Å². The van der Waals surface area contributed by atoms with E-state index in [0.29, 0.717) is 13.1 Å². The number of carbonyl (C=O) groups excluding carboxylic acids is 2. The molecule has 150 valence electrons. The zero-order valence-electron chi connectivity index (χ0n) is 15.9. The second-order valence-corrected chi connectivity index (χ2v) is 7.92. The van der Waals surface area contributed by atoms with Crippen molar-refractivity contribution in [3.05, 3.63) is 71.8 Å². The van der Waals surface area contributed by atoms with Crippen LogP contribution in [0.5, 0.6) is 0 Å². The van der Waals surface area contributed by atoms with Crippen molar-refractivity contribution in [2.45, 2.75) is 0 Å². The molecule has 2 aromatic carbocycles. The van der Waals surface area contributed by atoms with Crippen LogP contribution in [0.2, 0.25) is 0 Å². The highest BCUT2D eigenvalue weighted by Gasteiger charge is 2.50. The maximum atomic E-state index is 12.7. The van der Waals surface area contributed by atoms with Gasteiger partial charge in [-0.05, 0) is 0 Å². The number of Topliss-reactive ketones (excluding diaryl/α,β-unsaturated/α-hetero) is 2. The van der Waals surface area contributed by atoms with Crippen LogP contribution in [-0.2, 0) is 0 Å². The molecule has 3 heterocycles. The van der Waals surface area contributed by atoms with Gasteiger partial charge in [-0.15, -0.1) is 0 Å². The lowest BCUT2D eigenvalue weighted by atomic mass is 10.0. The normalized spacial score (nSPS) is 25.3. The van der Waals surface area contributed by atoms with Crippen molar-refractivity contribution in [1.82, 2.24) is 0 Å². The molecule has 0 unspecified atom stereocenters. The molecule has 0 N–H and O–H groups in total. The number of fused-ring (bicyclic) bond motifs is 3. The molecule has 2 aromatic rings. The van der Waals surface area contributed by atoms with E-state index < -0.39 is 0 Å². The highest BCUT2D eigenvalue weighted by molar-refractivity contribution is 5.97. The minimum atomic E-state index is 0. The second kappa shape index (κ2) is 9.44. The van der Waals surface area contributed by atoms with Crippen molar-refractivity contribution in [1.29, 1.82) is 0 Å². The lowest BCUT2D eigenvalue weighted by Crippen LogP contribution is -3.00. The summed E-state index contributed by atoms with van der Waals surface area (Å²) in [5.74, 6) is 0.487. The zero-order valence-corrected chi connectivity index (χ0v) is 19.1. The van der Waals surface area contributed by atoms with Gasteiger partial charge < -0.3 is 42.9 Å². The Kier molecular flexibility index (Phi) is 7.73. The molecule has 0 saturated carbocycles. The molecule has 28 heavy (non-hydrogen) atoms. The Labute approximate surface area is 187 Å². The molecule has 3 aliphatic rings. The number of hydrogen-bond acceptors (Lipinski definition) is 2. The van der Waals surface area contributed by atoms with Crippen LogP contribution in [-0.4, -0.2) is 72.9 Å². The number of nitrogens with zero attached hydrogens (tertiary/aromatic N) is 2. The van der Waals surface area contributed by atoms with Crippen LogP contribution >= 0.6 is 0 Å². The molecule has 3 aliphatic heterocycles. The van der Waals surface area contributed by atoms with Gasteiger partial charge in [-0.2, -0.15) is 0 Å². The van der Waals surface area contributed by atoms with Crippen molar-refractivity contribution in [2.24, 2.45) is 0 Å². The minimum Gasteiger partial charge on any atom is -1.00 e. The van der Waals surface area contributed by atoms with E-state index >= 15 is 0 Å². The van der Waals surface area contributed by atoms with E-state index in [1.54, 1.807) is 0 Å². The number of benzene rings is 2. The van der Waals surface area contributed by atoms with Crippen molar-refractivity contribution in [3.8, 4) is 0 Å². The van der Waals surface area contributed by atoms with Crippen molar-refractivity contribution in [3.63, 3.8) is 0 Å². The number of piperazine rings is 3. The fourth-order valence-electron chi connectivity index (χ4n) is 4.46. The van der Waals surface area contributed by atoms with Crippen LogP contribution in [0, 0.1) is 0 Å². The van der Waals surface area contributed by atoms with Crippen LogP contribution in [0.15, 0.2) is 60.7 Å². The van der Waals surface area contributed by atoms with Gasteiger partial charge in [-0.1, -0.05) is 60.7 Å². The van der Waals surface area contributed by atoms with Crippen molar-refractivity contribution < 1.29 is 52.5 Å². The van der Waals surface area contributed by atoms with Gasteiger partial charge in [0.25, 0.3) is 0 Å². The van der Waals surface area contributed by atoms with Gasteiger partial charge in [0.2, 0.25) is 11.6 Å². The van der Waals surface area contributed by atoms with E-state index in [1.165, 1.54) is 0 Å². The Hall–Kier alpha value is -1.34. The predicted octanol–water partition coefficient (Wildman–Crippen LogP) is -3.58. The molecule has 3 saturated heterocycles. The van der Waals surface area contributed by atoms with Gasteiger partial charge in [-0.25, -0.2) is 0 Å². The Morgan fingerprint density at radius 1 is 0.571 bits per heavy atom. The Balaban J connectivity index is 0.00000140. The third-order valence-electron chi connectivity index (χ3n) is 6.30. The molecule has 0 amide bonds. The molecular weight excluding hydrogens is 484 g/mol. The molecule has 0 atom stereocenters. The predicted molar refractivity (Wildman–Crippen MR) is 101 cm³/mol. The first-order valence-electron chi connectivity index (χ1n) is 9.47. The summed E-state index contributed by atoms with van der Waals surface area (Å²) >= 11 is 0. The Morgan fingerprint density at radius 2 is 0.857 bits per heavy atom. The first-order chi connectivity index (χ1) is 12.6. The maximum absolute atomic E-state index is 12.7. The molecule has 0 radical (unpaired) electrons. The topological polar surface area (TPSA) is 34.1 Å². The lowest BCUT2D eigenvalue weighted by molar-refractivity contribution is -1.07. The van der Waals surface area contributed by atoms with Crippen LogP contribution in [0.25, 0.3) is 0 Å². The number of ketones is 2. The summed E-state index contributed by atoms with van der Waals surface area (Å²) in [7, 11) is 0. The summed E-state index contributed by atoms with van der Waals surface area (Å²) in [6, 6.07) is 19.2. The quantitative estimate of drug-likeness (QED) is 0.298. The van der Waals surface area contributed by atoms with E-state index in [0.717, 1.165) is 59.4 Å². The monoisotopic (exact) mass is 508 g/mol. The van der Waals surface area contributed by atoms with Gasteiger partial charge >= 0.3 is 0 Å². The average molecular weight is 510 g/mol. The highest BCUT2D eigenvalue weighted by Crippen LogP contribution is 2.27. The van der Waals surface area contributed by atoms with E-state index in [-0.39, 0.29) is 45.5 Å². The van der Waals surface area contributed by atoms with E-state index in [1.807, 2.05) is 60.7 Å². The standard InChI is InChI=1S/C22H26N2O2.2BrH/c25-21(19-7-3-1-4-8-19)17-23-11-14-24(15-12-23,16-13-23)18-22(26)20-9-5-2-6-10-20;;/h1-10H,11-18H2;2*1H/q+2;;/p-2. The van der Waals surface area contributed by atoms with Crippen molar-refractivity contribution in [2.75, 3.05) is 52.4 Å². The molecule has 6 heteroatoms. The number of hydrogen-bond donors (Lipinski definition) is 0. The summed E-state index contributed by atoms with van der Waals surface area (Å²) < 4.78 is 1.79. The Morgan fingerprint density at radius 3 is 1.14 bits per heavy atom. The summed E-state index contributed by atoms with van der Waals surface area (Å²) in [5.41, 5.74) is 1.63. The zero-order chi connectivity index (χ0) is 18.0. The second-order valence-electron chi connectivity index (χ2n) is 7.92.